The second-order valence-corrected chi connectivity index (χ2v) is 4.38. The lowest BCUT2D eigenvalue weighted by atomic mass is 10.4. The summed E-state index contributed by atoms with van der Waals surface area (Å²) in [5.41, 5.74) is 0.108. The number of aromatic nitrogens is 4. The van der Waals surface area contributed by atoms with Gasteiger partial charge in [0.2, 0.25) is 0 Å². The minimum absolute atomic E-state index is 0.158. The molecule has 2 aromatic rings. The standard InChI is InChI=1S/C11H13ClN4O2/c1-8-6-13-7-15(8)3-2-4-16-9(12)5-10(17)14-11(16)18/h5-7H,2-4H2,1H3,(H,14,17,18). The van der Waals surface area contributed by atoms with Gasteiger partial charge in [-0.1, -0.05) is 11.6 Å². The molecule has 18 heavy (non-hydrogen) atoms. The Morgan fingerprint density at radius 3 is 2.78 bits per heavy atom. The van der Waals surface area contributed by atoms with Gasteiger partial charge in [0.05, 0.1) is 6.33 Å². The molecule has 0 bridgehead atoms. The van der Waals surface area contributed by atoms with E-state index in [9.17, 15) is 9.59 Å². The van der Waals surface area contributed by atoms with Crippen LogP contribution in [0.25, 0.3) is 0 Å². The Kier molecular flexibility index (Phi) is 3.66. The predicted octanol–water partition coefficient (Wildman–Crippen LogP) is 0.785. The number of nitrogens with zero attached hydrogens (tertiary/aromatic N) is 3. The summed E-state index contributed by atoms with van der Waals surface area (Å²) in [4.78, 5) is 28.7. The van der Waals surface area contributed by atoms with Crippen molar-refractivity contribution in [3.63, 3.8) is 0 Å². The molecule has 0 aromatic carbocycles. The third kappa shape index (κ3) is 2.70. The number of nitrogens with one attached hydrogen (secondary N) is 1. The second-order valence-electron chi connectivity index (χ2n) is 4.00. The zero-order valence-corrected chi connectivity index (χ0v) is 10.6. The van der Waals surface area contributed by atoms with Gasteiger partial charge in [0.25, 0.3) is 5.56 Å². The van der Waals surface area contributed by atoms with Gasteiger partial charge in [-0.15, -0.1) is 0 Å². The Balaban J connectivity index is 2.05. The highest BCUT2D eigenvalue weighted by atomic mass is 35.5. The molecular weight excluding hydrogens is 256 g/mol. The molecule has 0 aliphatic carbocycles. The fraction of sp³-hybridized carbons (Fsp3) is 0.364. The van der Waals surface area contributed by atoms with E-state index in [-0.39, 0.29) is 5.15 Å². The second kappa shape index (κ2) is 5.22. The maximum Gasteiger partial charge on any atom is 0.329 e. The minimum Gasteiger partial charge on any atom is -0.335 e. The molecule has 0 unspecified atom stereocenters. The Labute approximate surface area is 108 Å². The van der Waals surface area contributed by atoms with Crippen LogP contribution in [0.3, 0.4) is 0 Å². The van der Waals surface area contributed by atoms with Gasteiger partial charge >= 0.3 is 5.69 Å². The smallest absolute Gasteiger partial charge is 0.329 e. The van der Waals surface area contributed by atoms with E-state index in [1.54, 1.807) is 12.5 Å². The Hall–Kier alpha value is -1.82. The number of rotatable bonds is 4. The van der Waals surface area contributed by atoms with Crippen molar-refractivity contribution in [3.8, 4) is 0 Å². The molecular formula is C11H13ClN4O2. The molecule has 0 aliphatic heterocycles. The van der Waals surface area contributed by atoms with Gasteiger partial charge in [0.15, 0.2) is 0 Å². The van der Waals surface area contributed by atoms with Crippen LogP contribution in [-0.2, 0) is 13.1 Å². The maximum absolute atomic E-state index is 11.5. The summed E-state index contributed by atoms with van der Waals surface area (Å²) in [6, 6.07) is 1.20. The van der Waals surface area contributed by atoms with Crippen LogP contribution in [0.5, 0.6) is 0 Å². The van der Waals surface area contributed by atoms with Crippen LogP contribution in [0, 0.1) is 6.92 Å². The summed E-state index contributed by atoms with van der Waals surface area (Å²) in [7, 11) is 0. The fourth-order valence-electron chi connectivity index (χ4n) is 1.72. The van der Waals surface area contributed by atoms with E-state index in [0.29, 0.717) is 6.54 Å². The van der Waals surface area contributed by atoms with Crippen molar-refractivity contribution < 1.29 is 0 Å². The van der Waals surface area contributed by atoms with Crippen LogP contribution >= 0.6 is 11.6 Å². The van der Waals surface area contributed by atoms with Crippen molar-refractivity contribution in [2.75, 3.05) is 0 Å². The van der Waals surface area contributed by atoms with Gasteiger partial charge in [0, 0.05) is 31.0 Å². The van der Waals surface area contributed by atoms with Gasteiger partial charge in [-0.3, -0.25) is 14.3 Å². The number of aryl methyl sites for hydroxylation is 2. The molecule has 0 saturated carbocycles. The molecule has 6 nitrogen and oxygen atoms in total. The molecule has 0 radical (unpaired) electrons. The van der Waals surface area contributed by atoms with Crippen LogP contribution in [-0.4, -0.2) is 19.1 Å². The first kappa shape index (κ1) is 12.6. The summed E-state index contributed by atoms with van der Waals surface area (Å²) in [6.45, 7) is 3.16. The topological polar surface area (TPSA) is 72.7 Å². The maximum atomic E-state index is 11.5. The molecule has 0 amide bonds. The van der Waals surface area contributed by atoms with Crippen molar-refractivity contribution in [2.45, 2.75) is 26.4 Å². The van der Waals surface area contributed by atoms with Crippen LogP contribution in [0.1, 0.15) is 12.1 Å². The average Bonchev–Trinajstić information content (AvgIpc) is 2.68. The number of hydrogen-bond donors (Lipinski definition) is 1. The van der Waals surface area contributed by atoms with Crippen molar-refractivity contribution in [3.05, 3.63) is 50.3 Å². The lowest BCUT2D eigenvalue weighted by Crippen LogP contribution is -2.30. The molecule has 2 heterocycles. The van der Waals surface area contributed by atoms with E-state index in [1.165, 1.54) is 10.6 Å². The molecule has 2 rings (SSSR count). The zero-order valence-electron chi connectivity index (χ0n) is 9.89. The molecule has 7 heteroatoms. The molecule has 0 spiro atoms. The highest BCUT2D eigenvalue weighted by Crippen LogP contribution is 2.04. The lowest BCUT2D eigenvalue weighted by Gasteiger charge is -2.08. The molecule has 96 valence electrons. The average molecular weight is 269 g/mol. The summed E-state index contributed by atoms with van der Waals surface area (Å²) in [6.07, 6.45) is 4.24. The van der Waals surface area contributed by atoms with Crippen molar-refractivity contribution >= 4 is 11.6 Å². The van der Waals surface area contributed by atoms with Crippen LogP contribution < -0.4 is 11.2 Å². The third-order valence-corrected chi connectivity index (χ3v) is 3.00. The largest absolute Gasteiger partial charge is 0.335 e. The lowest BCUT2D eigenvalue weighted by molar-refractivity contribution is 0.539. The van der Waals surface area contributed by atoms with E-state index in [0.717, 1.165) is 18.7 Å². The molecule has 1 N–H and O–H groups in total. The number of imidazole rings is 1. The first-order chi connectivity index (χ1) is 8.58. The number of hydrogen-bond acceptors (Lipinski definition) is 3. The van der Waals surface area contributed by atoms with Gasteiger partial charge in [-0.05, 0) is 13.3 Å². The first-order valence-electron chi connectivity index (χ1n) is 5.54. The van der Waals surface area contributed by atoms with Gasteiger partial charge < -0.3 is 4.57 Å². The van der Waals surface area contributed by atoms with E-state index in [1.807, 2.05) is 11.5 Å². The molecule has 0 saturated heterocycles. The van der Waals surface area contributed by atoms with Gasteiger partial charge in [-0.25, -0.2) is 9.78 Å². The van der Waals surface area contributed by atoms with Crippen LogP contribution in [0.4, 0.5) is 0 Å². The molecule has 0 aliphatic rings. The molecule has 2 aromatic heterocycles. The molecule has 0 atom stereocenters. The Bertz CT molecular complexity index is 656. The van der Waals surface area contributed by atoms with E-state index in [2.05, 4.69) is 9.97 Å². The third-order valence-electron chi connectivity index (χ3n) is 2.68. The highest BCUT2D eigenvalue weighted by Gasteiger charge is 2.04. The van der Waals surface area contributed by atoms with E-state index in [4.69, 9.17) is 11.6 Å². The SMILES string of the molecule is Cc1cncn1CCCn1c(Cl)cc(=O)[nH]c1=O. The van der Waals surface area contributed by atoms with Crippen LogP contribution in [0.2, 0.25) is 5.15 Å². The Morgan fingerprint density at radius 1 is 1.39 bits per heavy atom. The van der Waals surface area contributed by atoms with Gasteiger partial charge in [0.1, 0.15) is 5.15 Å². The van der Waals surface area contributed by atoms with Gasteiger partial charge in [-0.2, -0.15) is 0 Å². The predicted molar refractivity (Wildman–Crippen MR) is 67.9 cm³/mol. The van der Waals surface area contributed by atoms with Crippen molar-refractivity contribution in [1.82, 2.24) is 19.1 Å². The number of aromatic amines is 1. The normalized spacial score (nSPS) is 10.8. The number of H-pyrrole nitrogens is 1. The summed E-state index contributed by atoms with van der Waals surface area (Å²) in [5.74, 6) is 0. The van der Waals surface area contributed by atoms with Crippen molar-refractivity contribution in [1.29, 1.82) is 0 Å². The van der Waals surface area contributed by atoms with Crippen molar-refractivity contribution in [2.24, 2.45) is 0 Å². The van der Waals surface area contributed by atoms with Crippen LogP contribution in [0.15, 0.2) is 28.2 Å². The Morgan fingerprint density at radius 2 is 2.17 bits per heavy atom. The quantitative estimate of drug-likeness (QED) is 0.833. The minimum atomic E-state index is -0.480. The number of halogens is 1. The van der Waals surface area contributed by atoms with E-state index < -0.39 is 11.2 Å². The van der Waals surface area contributed by atoms with E-state index >= 15 is 0 Å². The zero-order chi connectivity index (χ0) is 13.1. The first-order valence-corrected chi connectivity index (χ1v) is 5.92. The summed E-state index contributed by atoms with van der Waals surface area (Å²) in [5, 5.41) is 0.158. The summed E-state index contributed by atoms with van der Waals surface area (Å²) >= 11 is 5.85. The molecule has 0 fully saturated rings. The summed E-state index contributed by atoms with van der Waals surface area (Å²) < 4.78 is 3.33. The fourth-order valence-corrected chi connectivity index (χ4v) is 1.98. The highest BCUT2D eigenvalue weighted by molar-refractivity contribution is 6.29. The monoisotopic (exact) mass is 268 g/mol.